The van der Waals surface area contributed by atoms with Gasteiger partial charge in [0.2, 0.25) is 0 Å². The molecule has 0 fully saturated rings. The van der Waals surface area contributed by atoms with Gasteiger partial charge in [0.05, 0.1) is 11.0 Å². The molecule has 0 N–H and O–H groups in total. The van der Waals surface area contributed by atoms with E-state index in [1.54, 1.807) is 12.4 Å². The molecule has 0 radical (unpaired) electrons. The summed E-state index contributed by atoms with van der Waals surface area (Å²) in [4.78, 5) is 8.38. The Morgan fingerprint density at radius 2 is 1.67 bits per heavy atom. The Hall–Kier alpha value is -2.16. The smallest absolute Gasteiger partial charge is 0.0964 e. The van der Waals surface area contributed by atoms with Gasteiger partial charge < -0.3 is 5.11 Å². The molecule has 0 aliphatic rings. The summed E-state index contributed by atoms with van der Waals surface area (Å²) in [6.07, 6.45) is 3.23. The first-order valence-electron chi connectivity index (χ1n) is 4.66. The fourth-order valence-corrected chi connectivity index (χ4v) is 1.77. The van der Waals surface area contributed by atoms with Crippen LogP contribution < -0.4 is 5.11 Å². The Kier molecular flexibility index (Phi) is 1.59. The van der Waals surface area contributed by atoms with Crippen LogP contribution in [0.4, 0.5) is 0 Å². The van der Waals surface area contributed by atoms with E-state index in [1.807, 2.05) is 24.3 Å². The van der Waals surface area contributed by atoms with Crippen LogP contribution in [0.5, 0.6) is 5.75 Å². The Morgan fingerprint density at radius 3 is 2.53 bits per heavy atom. The van der Waals surface area contributed by atoms with E-state index in [1.165, 1.54) is 6.07 Å². The van der Waals surface area contributed by atoms with Crippen LogP contribution in [0.2, 0.25) is 0 Å². The maximum absolute atomic E-state index is 11.7. The van der Waals surface area contributed by atoms with Crippen molar-refractivity contribution in [1.82, 2.24) is 9.97 Å². The van der Waals surface area contributed by atoms with Gasteiger partial charge in [0.15, 0.2) is 0 Å². The van der Waals surface area contributed by atoms with Gasteiger partial charge in [-0.2, -0.15) is 0 Å². The highest BCUT2D eigenvalue weighted by molar-refractivity contribution is 6.06. The van der Waals surface area contributed by atoms with E-state index in [4.69, 9.17) is 0 Å². The average Bonchev–Trinajstić information content (AvgIpc) is 2.30. The third kappa shape index (κ3) is 1.13. The van der Waals surface area contributed by atoms with E-state index in [-0.39, 0.29) is 5.75 Å². The lowest BCUT2D eigenvalue weighted by molar-refractivity contribution is -0.265. The van der Waals surface area contributed by atoms with Crippen molar-refractivity contribution in [3.8, 4) is 5.75 Å². The van der Waals surface area contributed by atoms with Crippen molar-refractivity contribution in [2.45, 2.75) is 0 Å². The minimum Gasteiger partial charge on any atom is -0.872 e. The van der Waals surface area contributed by atoms with Crippen LogP contribution in [0.25, 0.3) is 21.8 Å². The van der Waals surface area contributed by atoms with Crippen LogP contribution >= 0.6 is 0 Å². The zero-order valence-corrected chi connectivity index (χ0v) is 7.84. The molecule has 0 amide bonds. The number of nitrogens with zero attached hydrogens (tertiary/aromatic N) is 2. The highest BCUT2D eigenvalue weighted by Gasteiger charge is 2.01. The first kappa shape index (κ1) is 8.17. The fraction of sp³-hybridized carbons (Fsp3) is 0. The summed E-state index contributed by atoms with van der Waals surface area (Å²) in [7, 11) is 0. The summed E-state index contributed by atoms with van der Waals surface area (Å²) < 4.78 is 0. The van der Waals surface area contributed by atoms with Crippen LogP contribution in [-0.2, 0) is 0 Å². The maximum Gasteiger partial charge on any atom is 0.0964 e. The van der Waals surface area contributed by atoms with E-state index in [0.29, 0.717) is 10.9 Å². The monoisotopic (exact) mass is 195 g/mol. The van der Waals surface area contributed by atoms with Crippen LogP contribution in [-0.4, -0.2) is 9.97 Å². The second-order valence-electron chi connectivity index (χ2n) is 3.34. The van der Waals surface area contributed by atoms with Gasteiger partial charge in [-0.25, -0.2) is 0 Å². The number of rotatable bonds is 0. The molecule has 3 aromatic rings. The molecule has 3 nitrogen and oxygen atoms in total. The lowest BCUT2D eigenvalue weighted by atomic mass is 10.1. The molecule has 0 spiro atoms. The molecule has 72 valence electrons. The topological polar surface area (TPSA) is 48.8 Å². The van der Waals surface area contributed by atoms with E-state index in [2.05, 4.69) is 9.97 Å². The quantitative estimate of drug-likeness (QED) is 0.514. The van der Waals surface area contributed by atoms with Crippen molar-refractivity contribution < 1.29 is 5.11 Å². The largest absolute Gasteiger partial charge is 0.872 e. The molecule has 0 atom stereocenters. The van der Waals surface area contributed by atoms with Gasteiger partial charge in [0.1, 0.15) is 0 Å². The highest BCUT2D eigenvalue weighted by Crippen LogP contribution is 2.28. The third-order valence-electron chi connectivity index (χ3n) is 2.44. The second-order valence-corrected chi connectivity index (χ2v) is 3.34. The fourth-order valence-electron chi connectivity index (χ4n) is 1.77. The lowest BCUT2D eigenvalue weighted by Gasteiger charge is -2.11. The summed E-state index contributed by atoms with van der Waals surface area (Å²) in [6.45, 7) is 0. The van der Waals surface area contributed by atoms with Gasteiger partial charge in [0.25, 0.3) is 0 Å². The first-order chi connectivity index (χ1) is 7.36. The molecule has 0 bridgehead atoms. The summed E-state index contributed by atoms with van der Waals surface area (Å²) in [5.74, 6) is -0.00130. The van der Waals surface area contributed by atoms with Crippen molar-refractivity contribution >= 4 is 21.8 Å². The number of hydrogen-bond donors (Lipinski definition) is 0. The second kappa shape index (κ2) is 2.92. The molecule has 0 saturated carbocycles. The molecule has 0 unspecified atom stereocenters. The number of hydrogen-bond acceptors (Lipinski definition) is 3. The Balaban J connectivity index is 2.64. The van der Waals surface area contributed by atoms with Gasteiger partial charge in [-0.15, -0.1) is 0 Å². The van der Waals surface area contributed by atoms with Gasteiger partial charge in [-0.05, 0) is 11.5 Å². The zero-order valence-electron chi connectivity index (χ0n) is 7.84. The van der Waals surface area contributed by atoms with Crippen molar-refractivity contribution in [3.05, 3.63) is 42.7 Å². The predicted molar refractivity (Wildman–Crippen MR) is 56.5 cm³/mol. The van der Waals surface area contributed by atoms with E-state index in [9.17, 15) is 5.11 Å². The normalized spacial score (nSPS) is 10.9. The van der Waals surface area contributed by atoms with E-state index in [0.717, 1.165) is 10.9 Å². The molecular formula is C12H7N2O-. The minimum atomic E-state index is -0.00130. The summed E-state index contributed by atoms with van der Waals surface area (Å²) in [5.41, 5.74) is 1.44. The first-order valence-corrected chi connectivity index (χ1v) is 4.66. The standard InChI is InChI=1S/C12H8N2O/c15-11-7-10-12(14-6-5-13-10)9-4-2-1-3-8(9)11/h1-7,15H/p-1. The van der Waals surface area contributed by atoms with Gasteiger partial charge in [0, 0.05) is 17.8 Å². The Labute approximate surface area is 86.0 Å². The van der Waals surface area contributed by atoms with Crippen molar-refractivity contribution in [1.29, 1.82) is 0 Å². The average molecular weight is 195 g/mol. The van der Waals surface area contributed by atoms with Crippen LogP contribution in [0.1, 0.15) is 0 Å². The number of aromatic nitrogens is 2. The van der Waals surface area contributed by atoms with E-state index >= 15 is 0 Å². The van der Waals surface area contributed by atoms with E-state index < -0.39 is 0 Å². The summed E-state index contributed by atoms with van der Waals surface area (Å²) in [5, 5.41) is 13.3. The third-order valence-corrected chi connectivity index (χ3v) is 2.44. The molecule has 2 aromatic carbocycles. The maximum atomic E-state index is 11.7. The van der Waals surface area contributed by atoms with Gasteiger partial charge in [-0.1, -0.05) is 30.0 Å². The van der Waals surface area contributed by atoms with Crippen LogP contribution in [0, 0.1) is 0 Å². The van der Waals surface area contributed by atoms with Crippen LogP contribution in [0.3, 0.4) is 0 Å². The SMILES string of the molecule is [O-]c1cc2nccnc2c2ccccc12. The zero-order chi connectivity index (χ0) is 10.3. The molecule has 1 aromatic heterocycles. The van der Waals surface area contributed by atoms with Crippen molar-refractivity contribution in [2.24, 2.45) is 0 Å². The molecule has 3 rings (SSSR count). The molecule has 0 aliphatic heterocycles. The molecule has 0 saturated heterocycles. The molecule has 1 heterocycles. The molecule has 3 heteroatoms. The van der Waals surface area contributed by atoms with Gasteiger partial charge >= 0.3 is 0 Å². The molecular weight excluding hydrogens is 188 g/mol. The van der Waals surface area contributed by atoms with Crippen molar-refractivity contribution in [2.75, 3.05) is 0 Å². The van der Waals surface area contributed by atoms with Crippen molar-refractivity contribution in [3.63, 3.8) is 0 Å². The Bertz CT molecular complexity index is 649. The minimum absolute atomic E-state index is 0.00130. The van der Waals surface area contributed by atoms with Crippen LogP contribution in [0.15, 0.2) is 42.7 Å². The highest BCUT2D eigenvalue weighted by atomic mass is 16.3. The number of fused-ring (bicyclic) bond motifs is 3. The predicted octanol–water partition coefficient (Wildman–Crippen LogP) is 1.86. The summed E-state index contributed by atoms with van der Waals surface area (Å²) >= 11 is 0. The lowest BCUT2D eigenvalue weighted by Crippen LogP contribution is -1.93. The number of benzene rings is 2. The summed E-state index contributed by atoms with van der Waals surface area (Å²) in [6, 6.07) is 8.99. The Morgan fingerprint density at radius 1 is 0.933 bits per heavy atom. The molecule has 15 heavy (non-hydrogen) atoms. The molecule has 0 aliphatic carbocycles. The van der Waals surface area contributed by atoms with Gasteiger partial charge in [-0.3, -0.25) is 9.97 Å².